The van der Waals surface area contributed by atoms with Crippen molar-refractivity contribution in [3.05, 3.63) is 59.7 Å². The summed E-state index contributed by atoms with van der Waals surface area (Å²) in [4.78, 5) is 4.02. The summed E-state index contributed by atoms with van der Waals surface area (Å²) in [6, 6.07) is 9.63. The lowest BCUT2D eigenvalue weighted by atomic mass is 10.0. The van der Waals surface area contributed by atoms with Crippen LogP contribution in [-0.4, -0.2) is 12.1 Å². The number of pyridine rings is 1. The Bertz CT molecular complexity index is 516. The zero-order chi connectivity index (χ0) is 13.0. The fourth-order valence-electron chi connectivity index (χ4n) is 1.74. The van der Waals surface area contributed by atoms with Crippen LogP contribution in [0.15, 0.2) is 42.6 Å². The summed E-state index contributed by atoms with van der Waals surface area (Å²) in [6.45, 7) is 0. The van der Waals surface area contributed by atoms with Gasteiger partial charge in [0.2, 0.25) is 0 Å². The Hall–Kier alpha value is -1.98. The molecule has 0 bridgehead atoms. The molecule has 0 amide bonds. The molecule has 1 aromatic carbocycles. The second kappa shape index (κ2) is 5.57. The average Bonchev–Trinajstić information content (AvgIpc) is 2.42. The first-order chi connectivity index (χ1) is 8.76. The fourth-order valence-corrected chi connectivity index (χ4v) is 1.74. The van der Waals surface area contributed by atoms with Gasteiger partial charge in [0.25, 0.3) is 0 Å². The molecule has 0 radical (unpaired) electrons. The molecule has 18 heavy (non-hydrogen) atoms. The Morgan fingerprint density at radius 1 is 1.28 bits per heavy atom. The van der Waals surface area contributed by atoms with Gasteiger partial charge in [0, 0.05) is 6.20 Å². The lowest BCUT2D eigenvalue weighted by molar-refractivity contribution is 0.414. The van der Waals surface area contributed by atoms with Crippen molar-refractivity contribution < 1.29 is 9.13 Å². The van der Waals surface area contributed by atoms with E-state index < -0.39 is 11.9 Å². The Labute approximate surface area is 105 Å². The predicted molar refractivity (Wildman–Crippen MR) is 66.4 cm³/mol. The second-order valence-electron chi connectivity index (χ2n) is 3.74. The van der Waals surface area contributed by atoms with Crippen molar-refractivity contribution in [2.24, 2.45) is 5.84 Å². The number of nitrogens with zero attached hydrogens (tertiary/aromatic N) is 1. The van der Waals surface area contributed by atoms with Crippen molar-refractivity contribution in [2.75, 3.05) is 7.11 Å². The zero-order valence-electron chi connectivity index (χ0n) is 9.93. The van der Waals surface area contributed by atoms with Gasteiger partial charge in [-0.25, -0.2) is 9.82 Å². The van der Waals surface area contributed by atoms with Gasteiger partial charge in [-0.15, -0.1) is 0 Å². The molecule has 5 heteroatoms. The molecule has 0 aliphatic heterocycles. The summed E-state index contributed by atoms with van der Waals surface area (Å²) in [5.41, 5.74) is 3.65. The summed E-state index contributed by atoms with van der Waals surface area (Å²) in [7, 11) is 1.59. The van der Waals surface area contributed by atoms with Crippen LogP contribution in [0.5, 0.6) is 5.75 Å². The number of ether oxygens (including phenoxy) is 1. The fraction of sp³-hybridized carbons (Fsp3) is 0.154. The van der Waals surface area contributed by atoms with E-state index in [1.54, 1.807) is 25.3 Å². The van der Waals surface area contributed by atoms with E-state index in [4.69, 9.17) is 10.6 Å². The third-order valence-corrected chi connectivity index (χ3v) is 2.68. The Morgan fingerprint density at radius 2 is 2.00 bits per heavy atom. The van der Waals surface area contributed by atoms with Crippen molar-refractivity contribution in [3.63, 3.8) is 0 Å². The molecule has 1 aromatic heterocycles. The Morgan fingerprint density at radius 3 is 2.56 bits per heavy atom. The topological polar surface area (TPSA) is 60.2 Å². The largest absolute Gasteiger partial charge is 0.497 e. The molecule has 0 saturated carbocycles. The molecule has 0 spiro atoms. The van der Waals surface area contributed by atoms with Gasteiger partial charge in [-0.05, 0) is 29.8 Å². The molecule has 3 N–H and O–H groups in total. The number of nitrogens with two attached hydrogens (primary N) is 1. The molecule has 2 rings (SSSR count). The van der Waals surface area contributed by atoms with Gasteiger partial charge in [0.1, 0.15) is 11.6 Å². The lowest BCUT2D eigenvalue weighted by Crippen LogP contribution is -2.30. The van der Waals surface area contributed by atoms with Gasteiger partial charge >= 0.3 is 0 Å². The molecule has 1 heterocycles. The number of methoxy groups -OCH3 is 1. The third-order valence-electron chi connectivity index (χ3n) is 2.68. The van der Waals surface area contributed by atoms with E-state index >= 15 is 0 Å². The van der Waals surface area contributed by atoms with Crippen LogP contribution in [0.25, 0.3) is 0 Å². The summed E-state index contributed by atoms with van der Waals surface area (Å²) in [5, 5.41) is 0. The van der Waals surface area contributed by atoms with E-state index in [0.29, 0.717) is 0 Å². The van der Waals surface area contributed by atoms with Gasteiger partial charge in [0.05, 0.1) is 18.8 Å². The van der Waals surface area contributed by atoms with Crippen LogP contribution in [0, 0.1) is 5.82 Å². The molecular weight excluding hydrogens is 233 g/mol. The van der Waals surface area contributed by atoms with Gasteiger partial charge < -0.3 is 4.74 Å². The number of halogens is 1. The number of benzene rings is 1. The van der Waals surface area contributed by atoms with E-state index in [9.17, 15) is 4.39 Å². The van der Waals surface area contributed by atoms with Gasteiger partial charge in [-0.1, -0.05) is 12.1 Å². The van der Waals surface area contributed by atoms with Crippen LogP contribution in [0.4, 0.5) is 4.39 Å². The number of aromatic nitrogens is 1. The maximum absolute atomic E-state index is 13.7. The van der Waals surface area contributed by atoms with E-state index in [1.165, 1.54) is 12.3 Å². The normalized spacial score (nSPS) is 12.2. The monoisotopic (exact) mass is 247 g/mol. The standard InChI is InChI=1S/C13H14FN3O/c1-18-10-6-4-9(5-7-10)12(17-15)13-11(14)3-2-8-16-13/h2-8,12,17H,15H2,1H3. The molecule has 0 fully saturated rings. The maximum Gasteiger partial charge on any atom is 0.146 e. The minimum absolute atomic E-state index is 0.269. The van der Waals surface area contributed by atoms with Crippen molar-refractivity contribution in [1.29, 1.82) is 0 Å². The second-order valence-corrected chi connectivity index (χ2v) is 3.74. The van der Waals surface area contributed by atoms with Crippen LogP contribution in [-0.2, 0) is 0 Å². The number of nitrogens with one attached hydrogen (secondary N) is 1. The first-order valence-electron chi connectivity index (χ1n) is 5.46. The highest BCUT2D eigenvalue weighted by Crippen LogP contribution is 2.23. The van der Waals surface area contributed by atoms with Gasteiger partial charge in [-0.2, -0.15) is 0 Å². The number of hydrogen-bond donors (Lipinski definition) is 2. The summed E-state index contributed by atoms with van der Waals surface area (Å²) < 4.78 is 18.7. The van der Waals surface area contributed by atoms with Gasteiger partial charge in [0.15, 0.2) is 0 Å². The molecular formula is C13H14FN3O. The highest BCUT2D eigenvalue weighted by atomic mass is 19.1. The Kier molecular flexibility index (Phi) is 3.86. The quantitative estimate of drug-likeness (QED) is 0.638. The van der Waals surface area contributed by atoms with Crippen molar-refractivity contribution in [1.82, 2.24) is 10.4 Å². The van der Waals surface area contributed by atoms with Crippen molar-refractivity contribution in [2.45, 2.75) is 6.04 Å². The average molecular weight is 247 g/mol. The lowest BCUT2D eigenvalue weighted by Gasteiger charge is -2.16. The minimum atomic E-state index is -0.489. The summed E-state index contributed by atoms with van der Waals surface area (Å²) in [6.07, 6.45) is 1.53. The highest BCUT2D eigenvalue weighted by molar-refractivity contribution is 5.33. The van der Waals surface area contributed by atoms with Crippen LogP contribution in [0.3, 0.4) is 0 Å². The van der Waals surface area contributed by atoms with Crippen LogP contribution in [0.1, 0.15) is 17.3 Å². The van der Waals surface area contributed by atoms with E-state index in [0.717, 1.165) is 11.3 Å². The van der Waals surface area contributed by atoms with E-state index in [1.807, 2.05) is 12.1 Å². The van der Waals surface area contributed by atoms with E-state index in [-0.39, 0.29) is 5.69 Å². The predicted octanol–water partition coefficient (Wildman–Crippen LogP) is 1.78. The highest BCUT2D eigenvalue weighted by Gasteiger charge is 2.17. The first kappa shape index (κ1) is 12.5. The van der Waals surface area contributed by atoms with E-state index in [2.05, 4.69) is 10.4 Å². The van der Waals surface area contributed by atoms with Crippen LogP contribution >= 0.6 is 0 Å². The SMILES string of the molecule is COc1ccc(C(NN)c2ncccc2F)cc1. The molecule has 1 atom stereocenters. The number of rotatable bonds is 4. The summed E-state index contributed by atoms with van der Waals surface area (Å²) in [5.74, 6) is 5.83. The molecule has 94 valence electrons. The van der Waals surface area contributed by atoms with Crippen LogP contribution in [0.2, 0.25) is 0 Å². The molecule has 2 aromatic rings. The third kappa shape index (κ3) is 2.47. The first-order valence-corrected chi connectivity index (χ1v) is 5.46. The maximum atomic E-state index is 13.7. The van der Waals surface area contributed by atoms with Gasteiger partial charge in [-0.3, -0.25) is 10.8 Å². The Balaban J connectivity index is 2.36. The van der Waals surface area contributed by atoms with Crippen molar-refractivity contribution >= 4 is 0 Å². The minimum Gasteiger partial charge on any atom is -0.497 e. The number of hydrogen-bond acceptors (Lipinski definition) is 4. The van der Waals surface area contributed by atoms with Crippen LogP contribution < -0.4 is 16.0 Å². The molecule has 0 aliphatic carbocycles. The smallest absolute Gasteiger partial charge is 0.146 e. The molecule has 1 unspecified atom stereocenters. The van der Waals surface area contributed by atoms with Crippen molar-refractivity contribution in [3.8, 4) is 5.75 Å². The molecule has 0 saturated heterocycles. The summed E-state index contributed by atoms with van der Waals surface area (Å²) >= 11 is 0. The zero-order valence-corrected chi connectivity index (χ0v) is 9.93. The number of hydrazine groups is 1. The molecule has 0 aliphatic rings. The molecule has 4 nitrogen and oxygen atoms in total.